The van der Waals surface area contributed by atoms with Gasteiger partial charge in [0, 0.05) is 11.8 Å². The molecule has 0 fully saturated rings. The molecule has 0 saturated heterocycles. The fourth-order valence-corrected chi connectivity index (χ4v) is 1.44. The molecule has 0 amide bonds. The molecule has 6 nitrogen and oxygen atoms in total. The lowest BCUT2D eigenvalue weighted by Gasteiger charge is -2.32. The van der Waals surface area contributed by atoms with E-state index < -0.39 is 5.41 Å². The van der Waals surface area contributed by atoms with Crippen LogP contribution in [0, 0.1) is 11.3 Å². The maximum atomic E-state index is 9.37. The van der Waals surface area contributed by atoms with Gasteiger partial charge in [0.15, 0.2) is 5.82 Å². The van der Waals surface area contributed by atoms with Gasteiger partial charge in [0.05, 0.1) is 20.3 Å². The van der Waals surface area contributed by atoms with Crippen LogP contribution in [0.1, 0.15) is 19.7 Å². The van der Waals surface area contributed by atoms with Crippen molar-refractivity contribution in [2.75, 3.05) is 13.2 Å². The highest BCUT2D eigenvalue weighted by atomic mass is 16.3. The molecule has 1 rings (SSSR count). The van der Waals surface area contributed by atoms with Gasteiger partial charge in [-0.1, -0.05) is 13.8 Å². The monoisotopic (exact) mass is 214 g/mol. The molecule has 0 radical (unpaired) electrons. The van der Waals surface area contributed by atoms with E-state index in [0.29, 0.717) is 12.2 Å². The summed E-state index contributed by atoms with van der Waals surface area (Å²) in [5.74, 6) is 0.700. The topological polar surface area (TPSA) is 84.1 Å². The molecule has 1 heterocycles. The second kappa shape index (κ2) is 4.67. The van der Waals surface area contributed by atoms with Crippen LogP contribution in [0.2, 0.25) is 0 Å². The normalized spacial score (nSPS) is 12.4. The van der Waals surface area contributed by atoms with Crippen LogP contribution in [0.25, 0.3) is 0 Å². The molecule has 86 valence electrons. The van der Waals surface area contributed by atoms with E-state index in [4.69, 9.17) is 0 Å². The Hall–Kier alpha value is -1.01. The third kappa shape index (κ3) is 2.51. The van der Waals surface area contributed by atoms with Crippen molar-refractivity contribution in [2.45, 2.75) is 20.3 Å². The van der Waals surface area contributed by atoms with Gasteiger partial charge in [-0.05, 0) is 11.1 Å². The molecule has 6 heteroatoms. The lowest BCUT2D eigenvalue weighted by molar-refractivity contribution is 0.0147. The summed E-state index contributed by atoms with van der Waals surface area (Å²) >= 11 is 0. The number of hydrogen-bond acceptors (Lipinski definition) is 5. The van der Waals surface area contributed by atoms with Crippen LogP contribution in [0.4, 0.5) is 0 Å². The Kier molecular flexibility index (Phi) is 3.76. The Balaban J connectivity index is 2.83. The largest absolute Gasteiger partial charge is 0.396 e. The molecule has 0 aromatic carbocycles. The maximum Gasteiger partial charge on any atom is 0.175 e. The van der Waals surface area contributed by atoms with Gasteiger partial charge >= 0.3 is 0 Å². The third-order valence-electron chi connectivity index (χ3n) is 2.91. The van der Waals surface area contributed by atoms with E-state index in [9.17, 15) is 10.2 Å². The Morgan fingerprint density at radius 3 is 2.27 bits per heavy atom. The van der Waals surface area contributed by atoms with Crippen molar-refractivity contribution in [3.05, 3.63) is 5.82 Å². The smallest absolute Gasteiger partial charge is 0.175 e. The molecule has 0 saturated carbocycles. The molecule has 1 aromatic rings. The number of aliphatic hydroxyl groups excluding tert-OH is 2. The first kappa shape index (κ1) is 12.1. The fourth-order valence-electron chi connectivity index (χ4n) is 1.44. The molecule has 0 atom stereocenters. The van der Waals surface area contributed by atoms with E-state index in [1.165, 1.54) is 4.80 Å². The van der Waals surface area contributed by atoms with Crippen LogP contribution in [-0.2, 0) is 13.5 Å². The van der Waals surface area contributed by atoms with Gasteiger partial charge in [-0.2, -0.15) is 4.80 Å². The Labute approximate surface area is 88.9 Å². The number of tetrazole rings is 1. The molecule has 0 aliphatic rings. The summed E-state index contributed by atoms with van der Waals surface area (Å²) in [6, 6.07) is 0. The molecule has 0 aliphatic heterocycles. The van der Waals surface area contributed by atoms with E-state index >= 15 is 0 Å². The summed E-state index contributed by atoms with van der Waals surface area (Å²) in [6.07, 6.45) is 0.436. The summed E-state index contributed by atoms with van der Waals surface area (Å²) in [5.41, 5.74) is -0.566. The number of rotatable bonds is 5. The predicted molar refractivity (Wildman–Crippen MR) is 53.9 cm³/mol. The van der Waals surface area contributed by atoms with Crippen molar-refractivity contribution < 1.29 is 10.2 Å². The fraction of sp³-hybridized carbons (Fsp3) is 0.889. The van der Waals surface area contributed by atoms with Gasteiger partial charge in [0.2, 0.25) is 0 Å². The highest BCUT2D eigenvalue weighted by molar-refractivity contribution is 4.92. The van der Waals surface area contributed by atoms with Gasteiger partial charge in [-0.15, -0.1) is 10.2 Å². The highest BCUT2D eigenvalue weighted by Gasteiger charge is 2.34. The average molecular weight is 214 g/mol. The van der Waals surface area contributed by atoms with Crippen molar-refractivity contribution in [3.8, 4) is 0 Å². The standard InChI is InChI=1S/C9H18N4O2/c1-7(2)9(5-14,6-15)4-8-10-12-13(3)11-8/h7,14-15H,4-6H2,1-3H3. The van der Waals surface area contributed by atoms with Crippen molar-refractivity contribution >= 4 is 0 Å². The van der Waals surface area contributed by atoms with Gasteiger partial charge in [-0.25, -0.2) is 0 Å². The molecular weight excluding hydrogens is 196 g/mol. The first-order valence-corrected chi connectivity index (χ1v) is 4.98. The minimum absolute atomic E-state index is 0.0839. The number of hydrogen-bond donors (Lipinski definition) is 2. The zero-order valence-electron chi connectivity index (χ0n) is 9.38. The Morgan fingerprint density at radius 1 is 1.33 bits per heavy atom. The van der Waals surface area contributed by atoms with Crippen LogP contribution < -0.4 is 0 Å². The first-order chi connectivity index (χ1) is 7.04. The number of aromatic nitrogens is 4. The summed E-state index contributed by atoms with van der Waals surface area (Å²) in [7, 11) is 1.69. The van der Waals surface area contributed by atoms with Crippen molar-refractivity contribution in [1.82, 2.24) is 20.2 Å². The molecule has 0 bridgehead atoms. The number of aliphatic hydroxyl groups is 2. The van der Waals surface area contributed by atoms with E-state index in [-0.39, 0.29) is 19.1 Å². The lowest BCUT2D eigenvalue weighted by atomic mass is 9.75. The van der Waals surface area contributed by atoms with Crippen molar-refractivity contribution in [1.29, 1.82) is 0 Å². The second-order valence-electron chi connectivity index (χ2n) is 4.21. The van der Waals surface area contributed by atoms with E-state index in [1.807, 2.05) is 13.8 Å². The minimum atomic E-state index is -0.566. The Morgan fingerprint density at radius 2 is 1.93 bits per heavy atom. The third-order valence-corrected chi connectivity index (χ3v) is 2.91. The number of aryl methyl sites for hydroxylation is 1. The van der Waals surface area contributed by atoms with E-state index in [0.717, 1.165) is 0 Å². The van der Waals surface area contributed by atoms with Crippen LogP contribution in [0.5, 0.6) is 0 Å². The van der Waals surface area contributed by atoms with Gasteiger partial charge in [0.25, 0.3) is 0 Å². The van der Waals surface area contributed by atoms with Crippen molar-refractivity contribution in [3.63, 3.8) is 0 Å². The van der Waals surface area contributed by atoms with Crippen LogP contribution in [0.3, 0.4) is 0 Å². The zero-order valence-corrected chi connectivity index (χ0v) is 9.38. The van der Waals surface area contributed by atoms with Gasteiger partial charge in [-0.3, -0.25) is 0 Å². The SMILES string of the molecule is CC(C)C(CO)(CO)Cc1nnn(C)n1. The van der Waals surface area contributed by atoms with Crippen LogP contribution in [-0.4, -0.2) is 43.6 Å². The predicted octanol–water partition coefficient (Wildman–Crippen LogP) is -0.620. The number of nitrogens with zero attached hydrogens (tertiary/aromatic N) is 4. The summed E-state index contributed by atoms with van der Waals surface area (Å²) in [6.45, 7) is 3.75. The molecule has 0 aliphatic carbocycles. The average Bonchev–Trinajstić information content (AvgIpc) is 2.60. The van der Waals surface area contributed by atoms with Gasteiger partial charge < -0.3 is 10.2 Å². The zero-order chi connectivity index (χ0) is 11.5. The molecule has 1 aromatic heterocycles. The van der Waals surface area contributed by atoms with Crippen LogP contribution in [0.15, 0.2) is 0 Å². The molecular formula is C9H18N4O2. The van der Waals surface area contributed by atoms with E-state index in [2.05, 4.69) is 15.4 Å². The lowest BCUT2D eigenvalue weighted by Crippen LogP contribution is -2.38. The first-order valence-electron chi connectivity index (χ1n) is 4.98. The van der Waals surface area contributed by atoms with Crippen molar-refractivity contribution in [2.24, 2.45) is 18.4 Å². The molecule has 0 unspecified atom stereocenters. The van der Waals surface area contributed by atoms with E-state index in [1.54, 1.807) is 7.05 Å². The summed E-state index contributed by atoms with van der Waals surface area (Å²) in [4.78, 5) is 1.37. The highest BCUT2D eigenvalue weighted by Crippen LogP contribution is 2.29. The molecule has 2 N–H and O–H groups in total. The van der Waals surface area contributed by atoms with Crippen LogP contribution >= 0.6 is 0 Å². The second-order valence-corrected chi connectivity index (χ2v) is 4.21. The molecule has 0 spiro atoms. The quantitative estimate of drug-likeness (QED) is 0.682. The van der Waals surface area contributed by atoms with Gasteiger partial charge in [0.1, 0.15) is 0 Å². The molecule has 15 heavy (non-hydrogen) atoms. The summed E-state index contributed by atoms with van der Waals surface area (Å²) < 4.78 is 0. The summed E-state index contributed by atoms with van der Waals surface area (Å²) in [5, 5.41) is 30.4. The Bertz CT molecular complexity index is 307. The maximum absolute atomic E-state index is 9.37. The minimum Gasteiger partial charge on any atom is -0.396 e.